The maximum Gasteiger partial charge on any atom is 0.410 e. The van der Waals surface area contributed by atoms with E-state index in [9.17, 15) is 9.59 Å². The fourth-order valence-electron chi connectivity index (χ4n) is 3.41. The van der Waals surface area contributed by atoms with Crippen LogP contribution in [0, 0.1) is 0 Å². The zero-order chi connectivity index (χ0) is 24.0. The van der Waals surface area contributed by atoms with Crippen molar-refractivity contribution in [1.29, 1.82) is 0 Å². The van der Waals surface area contributed by atoms with Crippen molar-refractivity contribution in [3.63, 3.8) is 0 Å². The fourth-order valence-corrected chi connectivity index (χ4v) is 3.41. The zero-order valence-corrected chi connectivity index (χ0v) is 19.9. The van der Waals surface area contributed by atoms with E-state index in [0.29, 0.717) is 25.2 Å². The molecule has 9 nitrogen and oxygen atoms in total. The molecule has 4 N–H and O–H groups in total. The quantitative estimate of drug-likeness (QED) is 0.553. The van der Waals surface area contributed by atoms with Crippen LogP contribution in [0.5, 0.6) is 0 Å². The van der Waals surface area contributed by atoms with Gasteiger partial charge in [-0.3, -0.25) is 5.32 Å². The van der Waals surface area contributed by atoms with Crippen LogP contribution in [0.25, 0.3) is 10.8 Å². The summed E-state index contributed by atoms with van der Waals surface area (Å²) in [6.07, 6.45) is -0.226. The number of urea groups is 1. The van der Waals surface area contributed by atoms with E-state index in [4.69, 9.17) is 4.74 Å². The highest BCUT2D eigenvalue weighted by atomic mass is 16.6. The summed E-state index contributed by atoms with van der Waals surface area (Å²) >= 11 is 0. The lowest BCUT2D eigenvalue weighted by Gasteiger charge is -2.29. The number of benzene rings is 2. The molecule has 3 rings (SSSR count). The first-order valence-electron chi connectivity index (χ1n) is 11.2. The molecule has 1 aliphatic rings. The molecule has 2 atom stereocenters. The third-order valence-corrected chi connectivity index (χ3v) is 4.98. The Labute approximate surface area is 195 Å². The molecule has 0 spiro atoms. The molecule has 178 valence electrons. The van der Waals surface area contributed by atoms with Crippen LogP contribution in [-0.2, 0) is 4.74 Å². The number of aliphatic imine (C=N–C) groups is 1. The molecule has 0 radical (unpaired) electrons. The number of fused-ring (bicyclic) bond motifs is 1. The number of rotatable bonds is 5. The predicted molar refractivity (Wildman–Crippen MR) is 131 cm³/mol. The number of anilines is 1. The van der Waals surface area contributed by atoms with Gasteiger partial charge in [-0.25, -0.2) is 14.6 Å². The van der Waals surface area contributed by atoms with Crippen molar-refractivity contribution in [3.05, 3.63) is 42.5 Å². The van der Waals surface area contributed by atoms with Gasteiger partial charge in [0.15, 0.2) is 6.29 Å². The summed E-state index contributed by atoms with van der Waals surface area (Å²) in [7, 11) is 1.70. The van der Waals surface area contributed by atoms with Gasteiger partial charge >= 0.3 is 12.1 Å². The molecule has 2 aromatic carbocycles. The van der Waals surface area contributed by atoms with E-state index >= 15 is 0 Å². The number of hydrogen-bond acceptors (Lipinski definition) is 6. The van der Waals surface area contributed by atoms with Gasteiger partial charge in [0.05, 0.1) is 0 Å². The number of ether oxygens (including phenoxy) is 1. The molecule has 0 saturated heterocycles. The summed E-state index contributed by atoms with van der Waals surface area (Å²) < 4.78 is 5.36. The minimum atomic E-state index is -0.555. The van der Waals surface area contributed by atoms with Crippen molar-refractivity contribution >= 4 is 34.4 Å². The first-order chi connectivity index (χ1) is 15.6. The Morgan fingerprint density at radius 1 is 1.18 bits per heavy atom. The standard InChI is InChI=1S/C24H34N6O3/c1-16-14-20(25-12-13-30(5)23(32)33-24(2,3)4)28-21(26-16)29-22(31)27-19-11-10-17-8-6-7-9-18(17)15-19/h6-11,15-16,21,26H,12-14H2,1-5H3,(H,25,28)(H2,27,29,31). The minimum absolute atomic E-state index is 0.125. The number of amides is 3. The van der Waals surface area contributed by atoms with Crippen LogP contribution in [0.1, 0.15) is 34.1 Å². The van der Waals surface area contributed by atoms with E-state index in [1.54, 1.807) is 7.05 Å². The topological polar surface area (TPSA) is 107 Å². The van der Waals surface area contributed by atoms with Crippen LogP contribution in [0.4, 0.5) is 15.3 Å². The molecule has 0 saturated carbocycles. The largest absolute Gasteiger partial charge is 0.444 e. The van der Waals surface area contributed by atoms with Crippen LogP contribution < -0.4 is 21.3 Å². The predicted octanol–water partition coefficient (Wildman–Crippen LogP) is 3.48. The number of hydrogen-bond donors (Lipinski definition) is 4. The van der Waals surface area contributed by atoms with Gasteiger partial charge in [-0.1, -0.05) is 30.3 Å². The maximum atomic E-state index is 12.5. The van der Waals surface area contributed by atoms with Crippen LogP contribution in [0.3, 0.4) is 0 Å². The van der Waals surface area contributed by atoms with E-state index in [2.05, 4.69) is 26.3 Å². The van der Waals surface area contributed by atoms with Crippen molar-refractivity contribution in [2.24, 2.45) is 4.99 Å². The molecular formula is C24H34N6O3. The summed E-state index contributed by atoms with van der Waals surface area (Å²) in [5.74, 6) is 0.773. The van der Waals surface area contributed by atoms with E-state index in [0.717, 1.165) is 16.6 Å². The van der Waals surface area contributed by atoms with Crippen molar-refractivity contribution < 1.29 is 14.3 Å². The summed E-state index contributed by atoms with van der Waals surface area (Å²) in [5, 5.41) is 14.4. The second-order valence-electron chi connectivity index (χ2n) is 9.24. The molecule has 33 heavy (non-hydrogen) atoms. The monoisotopic (exact) mass is 454 g/mol. The van der Waals surface area contributed by atoms with Gasteiger partial charge < -0.3 is 25.6 Å². The summed E-state index contributed by atoms with van der Waals surface area (Å²) in [4.78, 5) is 30.7. The van der Waals surface area contributed by atoms with E-state index < -0.39 is 11.9 Å². The lowest BCUT2D eigenvalue weighted by molar-refractivity contribution is 0.0302. The Morgan fingerprint density at radius 2 is 1.91 bits per heavy atom. The Balaban J connectivity index is 1.50. The average Bonchev–Trinajstić information content (AvgIpc) is 2.72. The number of amidine groups is 1. The molecule has 2 unspecified atom stereocenters. The highest BCUT2D eigenvalue weighted by molar-refractivity contribution is 5.94. The Morgan fingerprint density at radius 3 is 2.64 bits per heavy atom. The smallest absolute Gasteiger partial charge is 0.410 e. The fraction of sp³-hybridized carbons (Fsp3) is 0.458. The number of likely N-dealkylation sites (N-methyl/N-ethyl adjacent to an activating group) is 1. The van der Waals surface area contributed by atoms with Gasteiger partial charge in [0.25, 0.3) is 0 Å². The van der Waals surface area contributed by atoms with E-state index in [1.807, 2.05) is 70.2 Å². The van der Waals surface area contributed by atoms with E-state index in [1.165, 1.54) is 4.90 Å². The van der Waals surface area contributed by atoms with Gasteiger partial charge in [0.1, 0.15) is 11.4 Å². The van der Waals surface area contributed by atoms with E-state index in [-0.39, 0.29) is 18.2 Å². The zero-order valence-electron chi connectivity index (χ0n) is 19.9. The van der Waals surface area contributed by atoms with Crippen LogP contribution in [0.2, 0.25) is 0 Å². The number of carbonyl (C=O) groups excluding carboxylic acids is 2. The number of nitrogens with zero attached hydrogens (tertiary/aromatic N) is 2. The molecule has 0 aromatic heterocycles. The van der Waals surface area contributed by atoms with Crippen molar-refractivity contribution in [3.8, 4) is 0 Å². The lowest BCUT2D eigenvalue weighted by atomic mass is 10.1. The van der Waals surface area contributed by atoms with Crippen LogP contribution in [-0.4, -0.2) is 60.9 Å². The maximum absolute atomic E-state index is 12.5. The Hall–Kier alpha value is -3.33. The minimum Gasteiger partial charge on any atom is -0.444 e. The Kier molecular flexibility index (Phi) is 7.75. The molecule has 0 aliphatic carbocycles. The summed E-state index contributed by atoms with van der Waals surface area (Å²) in [6, 6.07) is 13.5. The van der Waals surface area contributed by atoms with Crippen LogP contribution in [0.15, 0.2) is 47.5 Å². The average molecular weight is 455 g/mol. The second-order valence-corrected chi connectivity index (χ2v) is 9.24. The molecule has 3 amide bonds. The van der Waals surface area contributed by atoms with Crippen molar-refractivity contribution in [2.45, 2.75) is 52.0 Å². The normalized spacial score (nSPS) is 18.3. The van der Waals surface area contributed by atoms with Gasteiger partial charge in [0, 0.05) is 38.3 Å². The molecule has 0 fully saturated rings. The van der Waals surface area contributed by atoms with Crippen molar-refractivity contribution in [2.75, 3.05) is 25.5 Å². The van der Waals surface area contributed by atoms with Crippen molar-refractivity contribution in [1.82, 2.24) is 20.9 Å². The molecule has 1 aliphatic heterocycles. The van der Waals surface area contributed by atoms with Gasteiger partial charge in [-0.15, -0.1) is 0 Å². The molecular weight excluding hydrogens is 420 g/mol. The molecule has 2 aromatic rings. The Bertz CT molecular complexity index is 1020. The highest BCUT2D eigenvalue weighted by Crippen LogP contribution is 2.18. The SMILES string of the molecule is CC1CC(NCCN(C)C(=O)OC(C)(C)C)=NC(NC(=O)Nc2ccc3ccccc3c2)N1. The highest BCUT2D eigenvalue weighted by Gasteiger charge is 2.22. The van der Waals surface area contributed by atoms with Gasteiger partial charge in [-0.05, 0) is 50.6 Å². The lowest BCUT2D eigenvalue weighted by Crippen LogP contribution is -2.54. The molecule has 9 heteroatoms. The first kappa shape index (κ1) is 24.3. The van der Waals surface area contributed by atoms with Gasteiger partial charge in [0.2, 0.25) is 0 Å². The van der Waals surface area contributed by atoms with Gasteiger partial charge in [-0.2, -0.15) is 0 Å². The molecule has 0 bridgehead atoms. The number of carbonyl (C=O) groups is 2. The molecule has 1 heterocycles. The second kappa shape index (κ2) is 10.5. The van der Waals surface area contributed by atoms with Crippen LogP contribution >= 0.6 is 0 Å². The number of nitrogens with one attached hydrogen (secondary N) is 4. The third-order valence-electron chi connectivity index (χ3n) is 4.98. The summed E-state index contributed by atoms with van der Waals surface area (Å²) in [6.45, 7) is 8.54. The summed E-state index contributed by atoms with van der Waals surface area (Å²) in [5.41, 5.74) is 0.183. The first-order valence-corrected chi connectivity index (χ1v) is 11.2. The third kappa shape index (κ3) is 7.64.